The molecule has 16 heavy (non-hydrogen) atoms. The fraction of sp³-hybridized carbons (Fsp3) is 0.800. The number of ether oxygens (including phenoxy) is 1. The third-order valence-electron chi connectivity index (χ3n) is 1.93. The zero-order valence-electron chi connectivity index (χ0n) is 9.94. The van der Waals surface area contributed by atoms with E-state index in [1.165, 1.54) is 0 Å². The number of nitrogens with two attached hydrogens (primary N) is 2. The Kier molecular flexibility index (Phi) is 7.70. The molecule has 0 rings (SSSR count). The van der Waals surface area contributed by atoms with Crippen LogP contribution in [0.4, 0.5) is 0 Å². The molecule has 0 radical (unpaired) electrons. The van der Waals surface area contributed by atoms with Crippen LogP contribution in [0.1, 0.15) is 19.3 Å². The first-order chi connectivity index (χ1) is 7.47. The number of likely N-dealkylation sites (N-methyl/N-ethyl adjacent to an activating group) is 1. The lowest BCUT2D eigenvalue weighted by atomic mass is 10.1. The van der Waals surface area contributed by atoms with Gasteiger partial charge in [0.05, 0.1) is 6.54 Å². The molecule has 4 N–H and O–H groups in total. The molecule has 0 aliphatic heterocycles. The zero-order chi connectivity index (χ0) is 12.6. The molecule has 1 atom stereocenters. The maximum absolute atomic E-state index is 11.3. The second kappa shape index (κ2) is 8.20. The van der Waals surface area contributed by atoms with Crippen molar-refractivity contribution in [2.75, 3.05) is 27.2 Å². The summed E-state index contributed by atoms with van der Waals surface area (Å²) in [6, 6.07) is -0.738. The predicted octanol–water partition coefficient (Wildman–Crippen LogP) is -0.926. The Balaban J connectivity index is 3.82. The highest BCUT2D eigenvalue weighted by Crippen LogP contribution is 2.00. The number of carbonyl (C=O) groups excluding carboxylic acids is 2. The van der Waals surface area contributed by atoms with Crippen LogP contribution in [-0.4, -0.2) is 50.1 Å². The van der Waals surface area contributed by atoms with E-state index in [4.69, 9.17) is 11.5 Å². The Bertz CT molecular complexity index is 231. The molecule has 0 aromatic carbocycles. The van der Waals surface area contributed by atoms with Gasteiger partial charge in [-0.2, -0.15) is 0 Å². The summed E-state index contributed by atoms with van der Waals surface area (Å²) < 4.78 is 4.58. The SMILES string of the molecule is CN(C)CC(=O)OC(=O)[C@@H](N)CCCCN. The molecule has 94 valence electrons. The Labute approximate surface area is 95.9 Å². The third kappa shape index (κ3) is 7.33. The van der Waals surface area contributed by atoms with E-state index in [0.29, 0.717) is 13.0 Å². The van der Waals surface area contributed by atoms with E-state index in [1.807, 2.05) is 0 Å². The Morgan fingerprint density at radius 2 is 1.94 bits per heavy atom. The molecule has 6 heteroatoms. The van der Waals surface area contributed by atoms with Crippen LogP contribution in [0.15, 0.2) is 0 Å². The summed E-state index contributed by atoms with van der Waals surface area (Å²) in [5, 5.41) is 0. The third-order valence-corrected chi connectivity index (χ3v) is 1.93. The lowest BCUT2D eigenvalue weighted by Crippen LogP contribution is -2.36. The highest BCUT2D eigenvalue weighted by atomic mass is 16.6. The average molecular weight is 231 g/mol. The number of hydrogen-bond acceptors (Lipinski definition) is 6. The van der Waals surface area contributed by atoms with Gasteiger partial charge in [0.15, 0.2) is 0 Å². The number of rotatable bonds is 7. The molecule has 0 heterocycles. The van der Waals surface area contributed by atoms with Gasteiger partial charge in [-0.15, -0.1) is 0 Å². The Hall–Kier alpha value is -0.980. The van der Waals surface area contributed by atoms with Crippen LogP contribution in [-0.2, 0) is 14.3 Å². The van der Waals surface area contributed by atoms with Gasteiger partial charge in [-0.05, 0) is 33.5 Å². The first kappa shape index (κ1) is 15.0. The van der Waals surface area contributed by atoms with Gasteiger partial charge in [0, 0.05) is 0 Å². The van der Waals surface area contributed by atoms with Gasteiger partial charge in [-0.25, -0.2) is 4.79 Å². The summed E-state index contributed by atoms with van der Waals surface area (Å²) in [5.41, 5.74) is 10.9. The first-order valence-electron chi connectivity index (χ1n) is 5.32. The molecule has 0 amide bonds. The molecule has 0 aliphatic carbocycles. The maximum Gasteiger partial charge on any atom is 0.330 e. The quantitative estimate of drug-likeness (QED) is 0.334. The minimum absolute atomic E-state index is 0.0707. The van der Waals surface area contributed by atoms with Crippen LogP contribution in [0.25, 0.3) is 0 Å². The number of carbonyl (C=O) groups is 2. The van der Waals surface area contributed by atoms with Crippen LogP contribution in [0.5, 0.6) is 0 Å². The fourth-order valence-electron chi connectivity index (χ4n) is 1.10. The monoisotopic (exact) mass is 231 g/mol. The predicted molar refractivity (Wildman–Crippen MR) is 60.5 cm³/mol. The lowest BCUT2D eigenvalue weighted by Gasteiger charge is -2.11. The molecule has 0 unspecified atom stereocenters. The van der Waals surface area contributed by atoms with Crippen LogP contribution in [0.2, 0.25) is 0 Å². The molecule has 6 nitrogen and oxygen atoms in total. The molecule has 0 aromatic rings. The fourth-order valence-corrected chi connectivity index (χ4v) is 1.10. The Morgan fingerprint density at radius 3 is 2.44 bits per heavy atom. The van der Waals surface area contributed by atoms with E-state index >= 15 is 0 Å². The summed E-state index contributed by atoms with van der Waals surface area (Å²) in [7, 11) is 3.43. The topological polar surface area (TPSA) is 98.6 Å². The van der Waals surface area contributed by atoms with Crippen molar-refractivity contribution in [2.24, 2.45) is 11.5 Å². The van der Waals surface area contributed by atoms with Gasteiger partial charge in [0.1, 0.15) is 6.04 Å². The van der Waals surface area contributed by atoms with Crippen LogP contribution < -0.4 is 11.5 Å². The van der Waals surface area contributed by atoms with Crippen LogP contribution in [0, 0.1) is 0 Å². The molecule has 0 aromatic heterocycles. The van der Waals surface area contributed by atoms with E-state index in [-0.39, 0.29) is 6.54 Å². The van der Waals surface area contributed by atoms with Crippen molar-refractivity contribution in [3.63, 3.8) is 0 Å². The minimum Gasteiger partial charge on any atom is -0.391 e. The summed E-state index contributed by atoms with van der Waals surface area (Å²) in [5.74, 6) is -1.24. The van der Waals surface area contributed by atoms with Gasteiger partial charge in [0.25, 0.3) is 0 Å². The van der Waals surface area contributed by atoms with Gasteiger partial charge in [-0.1, -0.05) is 6.42 Å². The minimum atomic E-state index is -0.738. The molecule has 0 saturated heterocycles. The van der Waals surface area contributed by atoms with Crippen molar-refractivity contribution in [1.82, 2.24) is 4.90 Å². The van der Waals surface area contributed by atoms with Crippen molar-refractivity contribution in [2.45, 2.75) is 25.3 Å². The van der Waals surface area contributed by atoms with Crippen molar-refractivity contribution in [3.8, 4) is 0 Å². The van der Waals surface area contributed by atoms with Gasteiger partial charge in [0.2, 0.25) is 0 Å². The molecule has 0 saturated carbocycles. The Morgan fingerprint density at radius 1 is 1.31 bits per heavy atom. The number of unbranched alkanes of at least 4 members (excludes halogenated alkanes) is 1. The molecular formula is C10H21N3O3. The standard InChI is InChI=1S/C10H21N3O3/c1-13(2)7-9(14)16-10(15)8(12)5-3-4-6-11/h8H,3-7,11-12H2,1-2H3/t8-/m0/s1. The van der Waals surface area contributed by atoms with Crippen molar-refractivity contribution in [3.05, 3.63) is 0 Å². The van der Waals surface area contributed by atoms with E-state index < -0.39 is 18.0 Å². The molecule has 0 aliphatic rings. The molecular weight excluding hydrogens is 210 g/mol. The highest BCUT2D eigenvalue weighted by Gasteiger charge is 2.18. The van der Waals surface area contributed by atoms with Crippen LogP contribution in [0.3, 0.4) is 0 Å². The smallest absolute Gasteiger partial charge is 0.330 e. The lowest BCUT2D eigenvalue weighted by molar-refractivity contribution is -0.161. The van der Waals surface area contributed by atoms with E-state index in [1.54, 1.807) is 19.0 Å². The van der Waals surface area contributed by atoms with E-state index in [0.717, 1.165) is 12.8 Å². The number of nitrogens with zero attached hydrogens (tertiary/aromatic N) is 1. The van der Waals surface area contributed by atoms with Crippen molar-refractivity contribution in [1.29, 1.82) is 0 Å². The molecule has 0 fully saturated rings. The number of hydrogen-bond donors (Lipinski definition) is 2. The van der Waals surface area contributed by atoms with E-state index in [2.05, 4.69) is 4.74 Å². The summed E-state index contributed by atoms with van der Waals surface area (Å²) >= 11 is 0. The summed E-state index contributed by atoms with van der Waals surface area (Å²) in [4.78, 5) is 24.1. The second-order valence-electron chi connectivity index (χ2n) is 3.92. The largest absolute Gasteiger partial charge is 0.391 e. The van der Waals surface area contributed by atoms with Crippen LogP contribution >= 0.6 is 0 Å². The highest BCUT2D eigenvalue weighted by molar-refractivity contribution is 5.89. The average Bonchev–Trinajstić information content (AvgIpc) is 2.16. The normalized spacial score (nSPS) is 12.6. The van der Waals surface area contributed by atoms with Gasteiger partial charge in [-0.3, -0.25) is 9.69 Å². The van der Waals surface area contributed by atoms with Crippen molar-refractivity contribution >= 4 is 11.9 Å². The molecule has 0 bridgehead atoms. The maximum atomic E-state index is 11.3. The summed E-state index contributed by atoms with van der Waals surface area (Å²) in [6.07, 6.45) is 2.06. The number of esters is 2. The molecule has 0 spiro atoms. The van der Waals surface area contributed by atoms with Gasteiger partial charge >= 0.3 is 11.9 Å². The summed E-state index contributed by atoms with van der Waals surface area (Å²) in [6.45, 7) is 0.641. The van der Waals surface area contributed by atoms with Crippen molar-refractivity contribution < 1.29 is 14.3 Å². The zero-order valence-corrected chi connectivity index (χ0v) is 9.94. The van der Waals surface area contributed by atoms with Gasteiger partial charge < -0.3 is 16.2 Å². The first-order valence-corrected chi connectivity index (χ1v) is 5.32. The van der Waals surface area contributed by atoms with E-state index in [9.17, 15) is 9.59 Å². The second-order valence-corrected chi connectivity index (χ2v) is 3.92.